The molecule has 0 bridgehead atoms. The predicted molar refractivity (Wildman–Crippen MR) is 82.0 cm³/mol. The lowest BCUT2D eigenvalue weighted by Crippen LogP contribution is -2.09. The monoisotopic (exact) mass is 303 g/mol. The smallest absolute Gasteiger partial charge is 0.414 e. The van der Waals surface area contributed by atoms with Gasteiger partial charge in [-0.2, -0.15) is 0 Å². The van der Waals surface area contributed by atoms with Crippen molar-refractivity contribution in [2.24, 2.45) is 0 Å². The lowest BCUT2D eigenvalue weighted by Gasteiger charge is -2.10. The number of hydrogen-bond donors (Lipinski definition) is 3. The maximum absolute atomic E-state index is 9.10. The van der Waals surface area contributed by atoms with Gasteiger partial charge in [0.2, 0.25) is 0 Å². The van der Waals surface area contributed by atoms with E-state index < -0.39 is 11.9 Å². The number of carboxylic acid groups (broad SMARTS) is 2. The quantitative estimate of drug-likeness (QED) is 0.751. The number of rotatable bonds is 4. The minimum absolute atomic E-state index is 0.772. The molecule has 22 heavy (non-hydrogen) atoms. The number of carboxylic acids is 2. The lowest BCUT2D eigenvalue weighted by atomic mass is 10.2. The van der Waals surface area contributed by atoms with E-state index >= 15 is 0 Å². The van der Waals surface area contributed by atoms with E-state index in [1.807, 2.05) is 36.4 Å². The summed E-state index contributed by atoms with van der Waals surface area (Å²) in [6.07, 6.45) is 0. The first-order valence-electron chi connectivity index (χ1n) is 6.41. The molecule has 0 saturated carbocycles. The van der Waals surface area contributed by atoms with E-state index in [9.17, 15) is 0 Å². The van der Waals surface area contributed by atoms with Gasteiger partial charge < -0.3 is 20.3 Å². The molecular weight excluding hydrogens is 286 g/mol. The molecule has 0 saturated heterocycles. The van der Waals surface area contributed by atoms with Gasteiger partial charge in [-0.1, -0.05) is 36.4 Å². The van der Waals surface area contributed by atoms with Crippen LogP contribution in [0.2, 0.25) is 0 Å². The molecule has 0 aliphatic rings. The van der Waals surface area contributed by atoms with Gasteiger partial charge >= 0.3 is 11.9 Å². The van der Waals surface area contributed by atoms with Crippen LogP contribution in [0.3, 0.4) is 0 Å². The van der Waals surface area contributed by atoms with Crippen molar-refractivity contribution in [2.75, 3.05) is 12.4 Å². The second-order valence-corrected chi connectivity index (χ2v) is 4.14. The van der Waals surface area contributed by atoms with Crippen LogP contribution in [0.25, 0.3) is 0 Å². The van der Waals surface area contributed by atoms with Gasteiger partial charge in [-0.05, 0) is 18.2 Å². The van der Waals surface area contributed by atoms with Crippen LogP contribution in [-0.2, 0) is 16.1 Å². The minimum Gasteiger partial charge on any atom is -0.496 e. The number of methoxy groups -OCH3 is 1. The molecule has 2 aromatic rings. The third-order valence-corrected chi connectivity index (χ3v) is 2.63. The summed E-state index contributed by atoms with van der Waals surface area (Å²) in [6.45, 7) is 0.772. The van der Waals surface area contributed by atoms with E-state index in [1.54, 1.807) is 7.11 Å². The summed E-state index contributed by atoms with van der Waals surface area (Å²) in [5.41, 5.74) is 2.28. The van der Waals surface area contributed by atoms with Crippen LogP contribution in [0.5, 0.6) is 5.75 Å². The van der Waals surface area contributed by atoms with Crippen molar-refractivity contribution in [3.63, 3.8) is 0 Å². The first kappa shape index (κ1) is 17.0. The van der Waals surface area contributed by atoms with E-state index in [2.05, 4.69) is 23.5 Å². The normalized spacial score (nSPS) is 9.14. The number of carbonyl (C=O) groups is 2. The number of anilines is 1. The van der Waals surface area contributed by atoms with Crippen molar-refractivity contribution in [1.82, 2.24) is 0 Å². The second kappa shape index (κ2) is 9.02. The van der Waals surface area contributed by atoms with E-state index in [0.29, 0.717) is 0 Å². The van der Waals surface area contributed by atoms with Crippen molar-refractivity contribution in [3.05, 3.63) is 60.2 Å². The summed E-state index contributed by atoms with van der Waals surface area (Å²) in [4.78, 5) is 18.2. The highest BCUT2D eigenvalue weighted by atomic mass is 16.5. The molecule has 6 nitrogen and oxygen atoms in total. The fraction of sp³-hybridized carbons (Fsp3) is 0.125. The molecule has 6 heteroatoms. The maximum Gasteiger partial charge on any atom is 0.414 e. The van der Waals surface area contributed by atoms with Crippen LogP contribution in [0.15, 0.2) is 54.6 Å². The summed E-state index contributed by atoms with van der Waals surface area (Å²) in [6, 6.07) is 18.2. The zero-order valence-corrected chi connectivity index (χ0v) is 12.0. The Morgan fingerprint density at radius 3 is 2.05 bits per heavy atom. The van der Waals surface area contributed by atoms with Gasteiger partial charge in [0, 0.05) is 17.8 Å². The van der Waals surface area contributed by atoms with Crippen LogP contribution in [-0.4, -0.2) is 29.3 Å². The largest absolute Gasteiger partial charge is 0.496 e. The fourth-order valence-electron chi connectivity index (χ4n) is 1.60. The van der Waals surface area contributed by atoms with E-state index in [1.165, 1.54) is 0 Å². The van der Waals surface area contributed by atoms with Crippen molar-refractivity contribution in [1.29, 1.82) is 0 Å². The number of para-hydroxylation sites is 2. The van der Waals surface area contributed by atoms with Gasteiger partial charge in [-0.15, -0.1) is 0 Å². The summed E-state index contributed by atoms with van der Waals surface area (Å²) < 4.78 is 5.29. The number of benzene rings is 2. The third kappa shape index (κ3) is 5.96. The van der Waals surface area contributed by atoms with Crippen molar-refractivity contribution in [2.45, 2.75) is 6.54 Å². The standard InChI is InChI=1S/C14H15NO.C2H2O4/c1-16-14-10-6-5-7-12(14)11-15-13-8-3-2-4-9-13;3-1(4)2(5)6/h2-10,15H,11H2,1H3;(H,3,4)(H,5,6). The first-order chi connectivity index (χ1) is 10.5. The zero-order chi connectivity index (χ0) is 16.4. The molecule has 2 aromatic carbocycles. The van der Waals surface area contributed by atoms with E-state index in [4.69, 9.17) is 24.5 Å². The maximum atomic E-state index is 9.10. The average Bonchev–Trinajstić information content (AvgIpc) is 2.54. The van der Waals surface area contributed by atoms with Gasteiger partial charge in [0.1, 0.15) is 5.75 Å². The predicted octanol–water partition coefficient (Wildman–Crippen LogP) is 2.46. The molecule has 0 spiro atoms. The Balaban J connectivity index is 0.000000346. The summed E-state index contributed by atoms with van der Waals surface area (Å²) in [5, 5.41) is 18.1. The summed E-state index contributed by atoms with van der Waals surface area (Å²) in [5.74, 6) is -2.73. The Hall–Kier alpha value is -3.02. The van der Waals surface area contributed by atoms with Crippen LogP contribution in [0.1, 0.15) is 5.56 Å². The van der Waals surface area contributed by atoms with Crippen molar-refractivity contribution < 1.29 is 24.5 Å². The molecule has 0 unspecified atom stereocenters. The number of ether oxygens (including phenoxy) is 1. The number of aliphatic carboxylic acids is 2. The topological polar surface area (TPSA) is 95.9 Å². The highest BCUT2D eigenvalue weighted by Crippen LogP contribution is 2.18. The van der Waals surface area contributed by atoms with Crippen molar-refractivity contribution in [3.8, 4) is 5.75 Å². The molecule has 116 valence electrons. The van der Waals surface area contributed by atoms with Crippen LogP contribution >= 0.6 is 0 Å². The Kier molecular flexibility index (Phi) is 6.98. The SMILES string of the molecule is COc1ccccc1CNc1ccccc1.O=C(O)C(=O)O. The molecule has 0 aromatic heterocycles. The van der Waals surface area contributed by atoms with Crippen LogP contribution in [0, 0.1) is 0 Å². The molecule has 0 aliphatic carbocycles. The highest BCUT2D eigenvalue weighted by molar-refractivity contribution is 6.27. The Labute approximate surface area is 128 Å². The van der Waals surface area contributed by atoms with Crippen LogP contribution < -0.4 is 10.1 Å². The van der Waals surface area contributed by atoms with Gasteiger partial charge in [0.25, 0.3) is 0 Å². The molecule has 0 heterocycles. The molecule has 0 fully saturated rings. The third-order valence-electron chi connectivity index (χ3n) is 2.63. The Bertz CT molecular complexity index is 601. The van der Waals surface area contributed by atoms with Gasteiger partial charge in [-0.3, -0.25) is 0 Å². The van der Waals surface area contributed by atoms with Gasteiger partial charge in [-0.25, -0.2) is 9.59 Å². The lowest BCUT2D eigenvalue weighted by molar-refractivity contribution is -0.159. The second-order valence-electron chi connectivity index (χ2n) is 4.14. The average molecular weight is 303 g/mol. The molecule has 0 aliphatic heterocycles. The van der Waals surface area contributed by atoms with Gasteiger partial charge in [0.15, 0.2) is 0 Å². The Morgan fingerprint density at radius 1 is 0.955 bits per heavy atom. The molecule has 0 atom stereocenters. The molecule has 2 rings (SSSR count). The zero-order valence-electron chi connectivity index (χ0n) is 12.0. The minimum atomic E-state index is -1.82. The van der Waals surface area contributed by atoms with Gasteiger partial charge in [0.05, 0.1) is 7.11 Å². The molecule has 3 N–H and O–H groups in total. The Morgan fingerprint density at radius 2 is 1.50 bits per heavy atom. The number of nitrogens with one attached hydrogen (secondary N) is 1. The summed E-state index contributed by atoms with van der Waals surface area (Å²) >= 11 is 0. The fourth-order valence-corrected chi connectivity index (χ4v) is 1.60. The summed E-state index contributed by atoms with van der Waals surface area (Å²) in [7, 11) is 1.70. The first-order valence-corrected chi connectivity index (χ1v) is 6.41. The molecular formula is C16H17NO5. The van der Waals surface area contributed by atoms with Crippen LogP contribution in [0.4, 0.5) is 5.69 Å². The number of hydrogen-bond acceptors (Lipinski definition) is 4. The van der Waals surface area contributed by atoms with E-state index in [-0.39, 0.29) is 0 Å². The van der Waals surface area contributed by atoms with E-state index in [0.717, 1.165) is 23.5 Å². The van der Waals surface area contributed by atoms with Crippen molar-refractivity contribution >= 4 is 17.6 Å². The molecule has 0 radical (unpaired) electrons. The molecule has 0 amide bonds. The highest BCUT2D eigenvalue weighted by Gasteiger charge is 2.04.